The molecular weight excluding hydrogens is 472 g/mol. The second-order valence-electron chi connectivity index (χ2n) is 9.14. The number of nitrogens with zero attached hydrogens (tertiary/aromatic N) is 4. The maximum atomic E-state index is 6.18. The number of furan rings is 2. The summed E-state index contributed by atoms with van der Waals surface area (Å²) in [4.78, 5) is 18.0. The Kier molecular flexibility index (Phi) is 4.42. The van der Waals surface area contributed by atoms with Crippen LogP contribution in [0.3, 0.4) is 0 Å². The van der Waals surface area contributed by atoms with E-state index >= 15 is 0 Å². The maximum absolute atomic E-state index is 6.18. The SMILES string of the molecule is c1cc(-c2cccc(-c3ccnc4c3oc3cccnc34)c2)cc(-c2ccnc3c2oc2cccnc23)c1. The van der Waals surface area contributed by atoms with Crippen LogP contribution in [0, 0.1) is 0 Å². The molecule has 0 aliphatic heterocycles. The highest BCUT2D eigenvalue weighted by molar-refractivity contribution is 6.06. The van der Waals surface area contributed by atoms with Crippen LogP contribution in [0.2, 0.25) is 0 Å². The fourth-order valence-electron chi connectivity index (χ4n) is 5.15. The first-order valence-electron chi connectivity index (χ1n) is 12.3. The van der Waals surface area contributed by atoms with Crippen LogP contribution in [0.15, 0.2) is 119 Å². The van der Waals surface area contributed by atoms with E-state index in [0.29, 0.717) is 0 Å². The molecule has 8 rings (SSSR count). The number of hydrogen-bond donors (Lipinski definition) is 0. The highest BCUT2D eigenvalue weighted by atomic mass is 16.3. The van der Waals surface area contributed by atoms with E-state index in [2.05, 4.69) is 68.5 Å². The van der Waals surface area contributed by atoms with E-state index in [-0.39, 0.29) is 0 Å². The molecule has 8 aromatic rings. The van der Waals surface area contributed by atoms with Gasteiger partial charge in [0.25, 0.3) is 0 Å². The Labute approximate surface area is 216 Å². The molecular formula is C32H18N4O2. The zero-order valence-corrected chi connectivity index (χ0v) is 20.0. The lowest BCUT2D eigenvalue weighted by Gasteiger charge is -2.09. The average Bonchev–Trinajstić information content (AvgIpc) is 3.56. The molecule has 6 heteroatoms. The molecule has 0 amide bonds. The lowest BCUT2D eigenvalue weighted by molar-refractivity contribution is 0.668. The van der Waals surface area contributed by atoms with Gasteiger partial charge in [-0.25, -0.2) is 0 Å². The Morgan fingerprint density at radius 1 is 0.395 bits per heavy atom. The van der Waals surface area contributed by atoms with Crippen LogP contribution in [0.4, 0.5) is 0 Å². The van der Waals surface area contributed by atoms with Gasteiger partial charge in [0.15, 0.2) is 22.3 Å². The van der Waals surface area contributed by atoms with Gasteiger partial charge in [-0.15, -0.1) is 0 Å². The summed E-state index contributed by atoms with van der Waals surface area (Å²) in [7, 11) is 0. The smallest absolute Gasteiger partial charge is 0.163 e. The summed E-state index contributed by atoms with van der Waals surface area (Å²) in [5.41, 5.74) is 12.3. The van der Waals surface area contributed by atoms with Crippen LogP contribution in [-0.4, -0.2) is 19.9 Å². The van der Waals surface area contributed by atoms with Gasteiger partial charge in [-0.05, 0) is 70.8 Å². The first kappa shape index (κ1) is 20.8. The van der Waals surface area contributed by atoms with Crippen molar-refractivity contribution in [1.82, 2.24) is 19.9 Å². The van der Waals surface area contributed by atoms with Crippen molar-refractivity contribution in [2.24, 2.45) is 0 Å². The highest BCUT2D eigenvalue weighted by Gasteiger charge is 2.16. The van der Waals surface area contributed by atoms with Gasteiger partial charge < -0.3 is 8.83 Å². The van der Waals surface area contributed by atoms with Gasteiger partial charge in [-0.2, -0.15) is 0 Å². The molecule has 0 fully saturated rings. The molecule has 0 atom stereocenters. The van der Waals surface area contributed by atoms with Gasteiger partial charge in [0.2, 0.25) is 0 Å². The van der Waals surface area contributed by atoms with Crippen LogP contribution >= 0.6 is 0 Å². The predicted molar refractivity (Wildman–Crippen MR) is 148 cm³/mol. The topological polar surface area (TPSA) is 77.8 Å². The Hall–Kier alpha value is -5.36. The van der Waals surface area contributed by atoms with Crippen LogP contribution in [0.5, 0.6) is 0 Å². The van der Waals surface area contributed by atoms with Crippen molar-refractivity contribution in [3.63, 3.8) is 0 Å². The lowest BCUT2D eigenvalue weighted by atomic mass is 9.96. The number of benzene rings is 2. The third-order valence-electron chi connectivity index (χ3n) is 6.90. The van der Waals surface area contributed by atoms with E-state index in [1.807, 2.05) is 48.8 Å². The number of hydrogen-bond acceptors (Lipinski definition) is 6. The fourth-order valence-corrected chi connectivity index (χ4v) is 5.15. The van der Waals surface area contributed by atoms with E-state index < -0.39 is 0 Å². The average molecular weight is 491 g/mol. The highest BCUT2D eigenvalue weighted by Crippen LogP contribution is 2.37. The molecule has 6 nitrogen and oxygen atoms in total. The second-order valence-corrected chi connectivity index (χ2v) is 9.14. The summed E-state index contributed by atoms with van der Waals surface area (Å²) in [6, 6.07) is 28.5. The number of aromatic nitrogens is 4. The quantitative estimate of drug-likeness (QED) is 0.249. The maximum Gasteiger partial charge on any atom is 0.163 e. The van der Waals surface area contributed by atoms with E-state index in [0.717, 1.165) is 77.8 Å². The first-order valence-corrected chi connectivity index (χ1v) is 12.3. The number of rotatable bonds is 3. The molecule has 0 bridgehead atoms. The molecule has 6 aromatic heterocycles. The predicted octanol–water partition coefficient (Wildman–Crippen LogP) is 8.07. The Morgan fingerprint density at radius 3 is 1.34 bits per heavy atom. The van der Waals surface area contributed by atoms with Crippen molar-refractivity contribution in [1.29, 1.82) is 0 Å². The Morgan fingerprint density at radius 2 is 0.842 bits per heavy atom. The third kappa shape index (κ3) is 3.14. The number of pyridine rings is 4. The molecule has 2 aromatic carbocycles. The summed E-state index contributed by atoms with van der Waals surface area (Å²) in [5.74, 6) is 0. The normalized spacial score (nSPS) is 11.7. The number of fused-ring (bicyclic) bond motifs is 6. The summed E-state index contributed by atoms with van der Waals surface area (Å²) >= 11 is 0. The van der Waals surface area contributed by atoms with Gasteiger partial charge >= 0.3 is 0 Å². The molecule has 0 N–H and O–H groups in total. The zero-order valence-electron chi connectivity index (χ0n) is 20.0. The van der Waals surface area contributed by atoms with E-state index in [4.69, 9.17) is 8.83 Å². The Balaban J connectivity index is 1.25. The second kappa shape index (κ2) is 8.08. The first-order chi connectivity index (χ1) is 18.8. The molecule has 0 unspecified atom stereocenters. The summed E-state index contributed by atoms with van der Waals surface area (Å²) < 4.78 is 12.4. The van der Waals surface area contributed by atoms with Crippen LogP contribution in [0.1, 0.15) is 0 Å². The molecule has 0 saturated carbocycles. The third-order valence-corrected chi connectivity index (χ3v) is 6.90. The molecule has 0 spiro atoms. The summed E-state index contributed by atoms with van der Waals surface area (Å²) in [6.45, 7) is 0. The molecule has 0 radical (unpaired) electrons. The molecule has 0 aliphatic carbocycles. The minimum atomic E-state index is 0.732. The van der Waals surface area contributed by atoms with Gasteiger partial charge in [-0.1, -0.05) is 36.4 Å². The van der Waals surface area contributed by atoms with Gasteiger partial charge in [0.05, 0.1) is 0 Å². The Bertz CT molecular complexity index is 2000. The van der Waals surface area contributed by atoms with Crippen LogP contribution in [0.25, 0.3) is 77.8 Å². The van der Waals surface area contributed by atoms with E-state index in [1.165, 1.54) is 0 Å². The minimum Gasteiger partial charge on any atom is -0.452 e. The lowest BCUT2D eigenvalue weighted by Crippen LogP contribution is -1.86. The van der Waals surface area contributed by atoms with Crippen LogP contribution < -0.4 is 0 Å². The summed E-state index contributed by atoms with van der Waals surface area (Å²) in [6.07, 6.45) is 7.15. The van der Waals surface area contributed by atoms with Crippen LogP contribution in [-0.2, 0) is 0 Å². The molecule has 38 heavy (non-hydrogen) atoms. The molecule has 0 saturated heterocycles. The largest absolute Gasteiger partial charge is 0.452 e. The van der Waals surface area contributed by atoms with Gasteiger partial charge in [0, 0.05) is 35.9 Å². The van der Waals surface area contributed by atoms with Crippen molar-refractivity contribution in [2.75, 3.05) is 0 Å². The summed E-state index contributed by atoms with van der Waals surface area (Å²) in [5, 5.41) is 0. The van der Waals surface area contributed by atoms with Gasteiger partial charge in [0.1, 0.15) is 22.1 Å². The van der Waals surface area contributed by atoms with Gasteiger partial charge in [-0.3, -0.25) is 19.9 Å². The van der Waals surface area contributed by atoms with Crippen molar-refractivity contribution >= 4 is 44.4 Å². The van der Waals surface area contributed by atoms with E-state index in [9.17, 15) is 0 Å². The van der Waals surface area contributed by atoms with Crippen molar-refractivity contribution < 1.29 is 8.83 Å². The minimum absolute atomic E-state index is 0.732. The zero-order chi connectivity index (χ0) is 25.1. The fraction of sp³-hybridized carbons (Fsp3) is 0. The molecule has 6 heterocycles. The van der Waals surface area contributed by atoms with Crippen molar-refractivity contribution in [2.45, 2.75) is 0 Å². The van der Waals surface area contributed by atoms with Crippen molar-refractivity contribution in [3.8, 4) is 33.4 Å². The standard InChI is InChI=1S/C32H18N4O2/c1-5-19(17-21(7-1)23-11-15-35-29-27-25(37-31(23)29)9-3-13-33-27)20-6-2-8-22(18-20)24-12-16-36-30-28-26(38-32(24)30)10-4-14-34-28/h1-18H. The van der Waals surface area contributed by atoms with Crippen molar-refractivity contribution in [3.05, 3.63) is 110 Å². The monoisotopic (exact) mass is 490 g/mol. The molecule has 178 valence electrons. The molecule has 0 aliphatic rings. The van der Waals surface area contributed by atoms with E-state index in [1.54, 1.807) is 12.4 Å².